The third kappa shape index (κ3) is 4.33. The zero-order chi connectivity index (χ0) is 15.7. The van der Waals surface area contributed by atoms with Crippen LogP contribution in [0, 0.1) is 0 Å². The van der Waals surface area contributed by atoms with Crippen LogP contribution < -0.4 is 4.74 Å². The van der Waals surface area contributed by atoms with Gasteiger partial charge in [0.05, 0.1) is 11.7 Å². The highest BCUT2D eigenvalue weighted by Crippen LogP contribution is 2.29. The lowest BCUT2D eigenvalue weighted by Gasteiger charge is -2.40. The molecule has 1 saturated heterocycles. The van der Waals surface area contributed by atoms with E-state index in [1.165, 1.54) is 12.1 Å². The molecule has 2 atom stereocenters. The van der Waals surface area contributed by atoms with Crippen molar-refractivity contribution in [2.45, 2.75) is 38.0 Å². The third-order valence-electron chi connectivity index (χ3n) is 3.68. The van der Waals surface area contributed by atoms with E-state index in [-0.39, 0.29) is 18.8 Å². The molecule has 0 spiro atoms. The van der Waals surface area contributed by atoms with Gasteiger partial charge in [0.25, 0.3) is 0 Å². The second kappa shape index (κ2) is 5.82. The number of likely N-dealkylation sites (tertiary alicyclic amines) is 1. The summed E-state index contributed by atoms with van der Waals surface area (Å²) in [4.78, 5) is 1.79. The van der Waals surface area contributed by atoms with Crippen LogP contribution in [0.15, 0.2) is 24.3 Å². The Kier molecular flexibility index (Phi) is 4.46. The standard InChI is InChI=1S/C14H18F3NO3/c1-13(20)6-7-18(9-12(13)19)8-10-4-2-3-5-11(10)21-14(15,16)17/h2-5,12,19-20H,6-9H2,1H3/t12-,13-/m1/s1. The number of aliphatic hydroxyl groups excluding tert-OH is 1. The van der Waals surface area contributed by atoms with Gasteiger partial charge in [-0.15, -0.1) is 13.2 Å². The van der Waals surface area contributed by atoms with Crippen LogP contribution in [0.5, 0.6) is 5.75 Å². The van der Waals surface area contributed by atoms with E-state index in [9.17, 15) is 23.4 Å². The van der Waals surface area contributed by atoms with E-state index in [4.69, 9.17) is 0 Å². The molecule has 0 bridgehead atoms. The van der Waals surface area contributed by atoms with Crippen LogP contribution in [0.1, 0.15) is 18.9 Å². The minimum absolute atomic E-state index is 0.202. The van der Waals surface area contributed by atoms with E-state index in [0.29, 0.717) is 18.5 Å². The normalized spacial score (nSPS) is 27.6. The molecule has 0 aliphatic carbocycles. The summed E-state index contributed by atoms with van der Waals surface area (Å²) < 4.78 is 41.1. The van der Waals surface area contributed by atoms with Gasteiger partial charge in [-0.25, -0.2) is 0 Å². The molecule has 1 aliphatic rings. The molecule has 1 aromatic rings. The van der Waals surface area contributed by atoms with Gasteiger partial charge in [-0.1, -0.05) is 18.2 Å². The zero-order valence-corrected chi connectivity index (χ0v) is 11.6. The molecule has 2 N–H and O–H groups in total. The van der Waals surface area contributed by atoms with Crippen LogP contribution in [-0.4, -0.2) is 46.3 Å². The van der Waals surface area contributed by atoms with Gasteiger partial charge >= 0.3 is 6.36 Å². The third-order valence-corrected chi connectivity index (χ3v) is 3.68. The number of halogens is 3. The minimum atomic E-state index is -4.73. The van der Waals surface area contributed by atoms with E-state index in [1.54, 1.807) is 24.0 Å². The average Bonchev–Trinajstić information content (AvgIpc) is 2.35. The fourth-order valence-corrected chi connectivity index (χ4v) is 2.33. The number of alkyl halides is 3. The lowest BCUT2D eigenvalue weighted by atomic mass is 9.90. The first-order chi connectivity index (χ1) is 9.67. The molecule has 1 aromatic carbocycles. The number of para-hydroxylation sites is 1. The molecular formula is C14H18F3NO3. The molecule has 2 rings (SSSR count). The molecule has 1 heterocycles. The van der Waals surface area contributed by atoms with Crippen molar-refractivity contribution in [2.75, 3.05) is 13.1 Å². The highest BCUT2D eigenvalue weighted by atomic mass is 19.4. The molecule has 0 radical (unpaired) electrons. The number of β-amino-alcohol motifs (C(OH)–C–C–N with tert-alkyl or cyclic N) is 1. The summed E-state index contributed by atoms with van der Waals surface area (Å²) in [6.45, 7) is 2.47. The van der Waals surface area contributed by atoms with Gasteiger partial charge in [0.15, 0.2) is 0 Å². The van der Waals surface area contributed by atoms with Gasteiger partial charge in [0.2, 0.25) is 0 Å². The molecule has 0 unspecified atom stereocenters. The SMILES string of the molecule is C[C@@]1(O)CCN(Cc2ccccc2OC(F)(F)F)C[C@H]1O. The predicted molar refractivity (Wildman–Crippen MR) is 69.6 cm³/mol. The fraction of sp³-hybridized carbons (Fsp3) is 0.571. The van der Waals surface area contributed by atoms with Crippen LogP contribution in [0.25, 0.3) is 0 Å². The first-order valence-corrected chi connectivity index (χ1v) is 6.64. The number of piperidine rings is 1. The summed E-state index contributed by atoms with van der Waals surface area (Å²) in [5, 5.41) is 19.7. The Bertz CT molecular complexity index is 491. The number of nitrogens with zero attached hydrogens (tertiary/aromatic N) is 1. The number of benzene rings is 1. The summed E-state index contributed by atoms with van der Waals surface area (Å²) in [5.74, 6) is -0.239. The maximum Gasteiger partial charge on any atom is 0.573 e. The van der Waals surface area contributed by atoms with E-state index in [1.807, 2.05) is 0 Å². The fourth-order valence-electron chi connectivity index (χ4n) is 2.33. The zero-order valence-electron chi connectivity index (χ0n) is 11.6. The Morgan fingerprint density at radius 1 is 1.38 bits per heavy atom. The van der Waals surface area contributed by atoms with Gasteiger partial charge in [-0.3, -0.25) is 4.90 Å². The monoisotopic (exact) mass is 305 g/mol. The predicted octanol–water partition coefficient (Wildman–Crippen LogP) is 1.90. The Morgan fingerprint density at radius 2 is 2.05 bits per heavy atom. The Balaban J connectivity index is 2.07. The van der Waals surface area contributed by atoms with Crippen molar-refractivity contribution < 1.29 is 28.1 Å². The number of hydrogen-bond donors (Lipinski definition) is 2. The quantitative estimate of drug-likeness (QED) is 0.895. The minimum Gasteiger partial charge on any atom is -0.405 e. The van der Waals surface area contributed by atoms with E-state index in [2.05, 4.69) is 4.74 Å². The lowest BCUT2D eigenvalue weighted by molar-refractivity contribution is -0.275. The van der Waals surface area contributed by atoms with E-state index >= 15 is 0 Å². The van der Waals surface area contributed by atoms with Crippen molar-refractivity contribution in [3.63, 3.8) is 0 Å². The first kappa shape index (κ1) is 16.1. The van der Waals surface area contributed by atoms with Crippen LogP contribution in [0.4, 0.5) is 13.2 Å². The van der Waals surface area contributed by atoms with Crippen molar-refractivity contribution >= 4 is 0 Å². The molecule has 1 fully saturated rings. The molecule has 0 amide bonds. The van der Waals surface area contributed by atoms with Crippen molar-refractivity contribution in [3.05, 3.63) is 29.8 Å². The van der Waals surface area contributed by atoms with Gasteiger partial charge in [0, 0.05) is 25.2 Å². The topological polar surface area (TPSA) is 52.9 Å². The molecular weight excluding hydrogens is 287 g/mol. The van der Waals surface area contributed by atoms with Crippen molar-refractivity contribution in [3.8, 4) is 5.75 Å². The number of rotatable bonds is 3. The second-order valence-corrected chi connectivity index (χ2v) is 5.51. The van der Waals surface area contributed by atoms with E-state index < -0.39 is 18.1 Å². The van der Waals surface area contributed by atoms with Crippen molar-refractivity contribution in [2.24, 2.45) is 0 Å². The van der Waals surface area contributed by atoms with Gasteiger partial charge in [-0.05, 0) is 19.4 Å². The van der Waals surface area contributed by atoms with Crippen LogP contribution in [0.3, 0.4) is 0 Å². The van der Waals surface area contributed by atoms with Crippen LogP contribution in [-0.2, 0) is 6.54 Å². The van der Waals surface area contributed by atoms with E-state index in [0.717, 1.165) is 0 Å². The second-order valence-electron chi connectivity index (χ2n) is 5.51. The molecule has 21 heavy (non-hydrogen) atoms. The Labute approximate surface area is 120 Å². The molecule has 118 valence electrons. The summed E-state index contributed by atoms with van der Waals surface area (Å²) in [5.41, 5.74) is -0.762. The number of ether oxygens (including phenoxy) is 1. The number of aliphatic hydroxyl groups is 2. The van der Waals surface area contributed by atoms with Crippen LogP contribution >= 0.6 is 0 Å². The molecule has 0 saturated carbocycles. The average molecular weight is 305 g/mol. The summed E-state index contributed by atoms with van der Waals surface area (Å²) in [7, 11) is 0. The summed E-state index contributed by atoms with van der Waals surface area (Å²) >= 11 is 0. The molecule has 0 aromatic heterocycles. The van der Waals surface area contributed by atoms with Crippen LogP contribution in [0.2, 0.25) is 0 Å². The van der Waals surface area contributed by atoms with Gasteiger partial charge in [0.1, 0.15) is 5.75 Å². The van der Waals surface area contributed by atoms with Gasteiger partial charge in [-0.2, -0.15) is 0 Å². The largest absolute Gasteiger partial charge is 0.573 e. The maximum atomic E-state index is 12.4. The van der Waals surface area contributed by atoms with Gasteiger partial charge < -0.3 is 14.9 Å². The molecule has 4 nitrogen and oxygen atoms in total. The smallest absolute Gasteiger partial charge is 0.405 e. The number of hydrogen-bond acceptors (Lipinski definition) is 4. The highest BCUT2D eigenvalue weighted by Gasteiger charge is 2.37. The van der Waals surface area contributed by atoms with Crippen molar-refractivity contribution in [1.82, 2.24) is 4.90 Å². The Morgan fingerprint density at radius 3 is 2.67 bits per heavy atom. The lowest BCUT2D eigenvalue weighted by Crippen LogP contribution is -2.53. The Hall–Kier alpha value is -1.31. The molecule has 7 heteroatoms. The summed E-state index contributed by atoms with van der Waals surface area (Å²) in [6.07, 6.45) is -5.31. The first-order valence-electron chi connectivity index (χ1n) is 6.64. The summed E-state index contributed by atoms with van der Waals surface area (Å²) in [6, 6.07) is 5.93. The van der Waals surface area contributed by atoms with Crippen molar-refractivity contribution in [1.29, 1.82) is 0 Å². The molecule has 1 aliphatic heterocycles. The highest BCUT2D eigenvalue weighted by molar-refractivity contribution is 5.33. The maximum absolute atomic E-state index is 12.4.